The van der Waals surface area contributed by atoms with E-state index in [0.717, 1.165) is 17.8 Å². The number of aryl methyl sites for hydroxylation is 2. The fourth-order valence-electron chi connectivity index (χ4n) is 2.54. The molecule has 0 spiro atoms. The molecule has 3 rings (SSSR count). The lowest BCUT2D eigenvalue weighted by Crippen LogP contribution is -2.15. The van der Waals surface area contributed by atoms with Crippen LogP contribution in [0.4, 0.5) is 19.0 Å². The molecule has 1 N–H and O–H groups in total. The van der Waals surface area contributed by atoms with Gasteiger partial charge in [0.25, 0.3) is 0 Å². The van der Waals surface area contributed by atoms with E-state index >= 15 is 0 Å². The van der Waals surface area contributed by atoms with Gasteiger partial charge in [0.15, 0.2) is 17.5 Å². The lowest BCUT2D eigenvalue weighted by atomic mass is 10.0. The van der Waals surface area contributed by atoms with E-state index < -0.39 is 22.7 Å². The maximum Gasteiger partial charge on any atom is 0.235 e. The zero-order valence-corrected chi connectivity index (χ0v) is 12.6. The van der Waals surface area contributed by atoms with Crippen molar-refractivity contribution in [1.82, 2.24) is 9.78 Å². The van der Waals surface area contributed by atoms with E-state index in [1.54, 1.807) is 14.0 Å². The Labute approximate surface area is 128 Å². The Morgan fingerprint density at radius 3 is 2.77 bits per heavy atom. The normalized spacial score (nSPS) is 17.9. The molecule has 1 aliphatic rings. The first-order valence-corrected chi connectivity index (χ1v) is 7.53. The van der Waals surface area contributed by atoms with Crippen molar-refractivity contribution >= 4 is 23.5 Å². The number of hydrogen-bond acceptors (Lipinski definition) is 3. The summed E-state index contributed by atoms with van der Waals surface area (Å²) in [5.41, 5.74) is 1.20. The van der Waals surface area contributed by atoms with Crippen LogP contribution in [0.25, 0.3) is 0 Å². The zero-order valence-electron chi connectivity index (χ0n) is 11.8. The summed E-state index contributed by atoms with van der Waals surface area (Å²) >= 11 is 1.15. The topological polar surface area (TPSA) is 46.9 Å². The van der Waals surface area contributed by atoms with Crippen LogP contribution in [0.1, 0.15) is 22.1 Å². The van der Waals surface area contributed by atoms with Crippen LogP contribution in [-0.4, -0.2) is 21.4 Å². The maximum absolute atomic E-state index is 14.1. The second-order valence-electron chi connectivity index (χ2n) is 4.98. The van der Waals surface area contributed by atoms with Crippen LogP contribution in [0.15, 0.2) is 12.1 Å². The van der Waals surface area contributed by atoms with Gasteiger partial charge in [0.1, 0.15) is 5.82 Å². The third-order valence-corrected chi connectivity index (χ3v) is 4.77. The van der Waals surface area contributed by atoms with Gasteiger partial charge in [-0.25, -0.2) is 13.2 Å². The van der Waals surface area contributed by atoms with Gasteiger partial charge in [-0.1, -0.05) is 6.07 Å². The summed E-state index contributed by atoms with van der Waals surface area (Å²) in [5.74, 6) is -3.71. The highest BCUT2D eigenvalue weighted by Gasteiger charge is 2.32. The molecule has 0 fully saturated rings. The SMILES string of the molecule is Cc1nn(C)c2c1[C@@H](c1ccc(F)c(F)c1F)SCC(=O)N2. The van der Waals surface area contributed by atoms with Gasteiger partial charge in [-0.2, -0.15) is 5.10 Å². The maximum atomic E-state index is 14.1. The lowest BCUT2D eigenvalue weighted by molar-refractivity contribution is -0.113. The van der Waals surface area contributed by atoms with Crippen LogP contribution in [-0.2, 0) is 11.8 Å². The number of rotatable bonds is 1. The molecule has 2 aromatic rings. The van der Waals surface area contributed by atoms with Gasteiger partial charge in [0.05, 0.1) is 16.7 Å². The highest BCUT2D eigenvalue weighted by molar-refractivity contribution is 8.00. The number of carbonyl (C=O) groups is 1. The van der Waals surface area contributed by atoms with Crippen molar-refractivity contribution in [2.45, 2.75) is 12.2 Å². The predicted octanol–water partition coefficient (Wildman–Crippen LogP) is 2.92. The number of thioether (sulfide) groups is 1. The average molecular weight is 327 g/mol. The minimum Gasteiger partial charge on any atom is -0.310 e. The number of halogens is 3. The zero-order chi connectivity index (χ0) is 16.0. The molecule has 4 nitrogen and oxygen atoms in total. The number of carbonyl (C=O) groups excluding carboxylic acids is 1. The molecule has 1 amide bonds. The van der Waals surface area contributed by atoms with E-state index in [4.69, 9.17) is 0 Å². The van der Waals surface area contributed by atoms with E-state index in [9.17, 15) is 18.0 Å². The molecule has 2 heterocycles. The number of amides is 1. The number of hydrogen-bond donors (Lipinski definition) is 1. The standard InChI is InChI=1S/C14H12F3N3OS/c1-6-10-13(7-3-4-8(15)12(17)11(7)16)22-5-9(21)18-14(10)20(2)19-6/h3-4,13H,5H2,1-2H3,(H,18,21)/t13-/m1/s1. The van der Waals surface area contributed by atoms with Gasteiger partial charge >= 0.3 is 0 Å². The molecule has 8 heteroatoms. The number of benzene rings is 1. The molecule has 1 aromatic carbocycles. The summed E-state index contributed by atoms with van der Waals surface area (Å²) in [6, 6.07) is 2.09. The molecule has 116 valence electrons. The summed E-state index contributed by atoms with van der Waals surface area (Å²) < 4.78 is 42.3. The van der Waals surface area contributed by atoms with E-state index in [2.05, 4.69) is 10.4 Å². The molecule has 0 saturated carbocycles. The third-order valence-electron chi connectivity index (χ3n) is 3.52. The molecule has 1 atom stereocenters. The van der Waals surface area contributed by atoms with Crippen molar-refractivity contribution in [3.05, 3.63) is 46.4 Å². The van der Waals surface area contributed by atoms with Gasteiger partial charge in [-0.15, -0.1) is 11.8 Å². The molecule has 1 aliphatic heterocycles. The number of aromatic nitrogens is 2. The van der Waals surface area contributed by atoms with Gasteiger partial charge < -0.3 is 5.32 Å². The largest absolute Gasteiger partial charge is 0.310 e. The van der Waals surface area contributed by atoms with Crippen molar-refractivity contribution < 1.29 is 18.0 Å². The molecular weight excluding hydrogens is 315 g/mol. The molecule has 0 radical (unpaired) electrons. The molecule has 22 heavy (non-hydrogen) atoms. The van der Waals surface area contributed by atoms with Crippen molar-refractivity contribution in [2.75, 3.05) is 11.1 Å². The number of anilines is 1. The second kappa shape index (κ2) is 5.35. The van der Waals surface area contributed by atoms with Crippen molar-refractivity contribution in [1.29, 1.82) is 0 Å². The Kier molecular flexibility index (Phi) is 3.64. The van der Waals surface area contributed by atoms with Crippen LogP contribution >= 0.6 is 11.8 Å². The van der Waals surface area contributed by atoms with Crippen LogP contribution in [0.5, 0.6) is 0 Å². The highest BCUT2D eigenvalue weighted by atomic mass is 32.2. The van der Waals surface area contributed by atoms with Crippen LogP contribution in [0.3, 0.4) is 0 Å². The van der Waals surface area contributed by atoms with E-state index in [1.807, 2.05) is 0 Å². The Morgan fingerprint density at radius 2 is 2.05 bits per heavy atom. The first-order valence-electron chi connectivity index (χ1n) is 6.48. The molecule has 0 bridgehead atoms. The smallest absolute Gasteiger partial charge is 0.235 e. The first kappa shape index (κ1) is 15.0. The molecule has 1 aromatic heterocycles. The second-order valence-corrected chi connectivity index (χ2v) is 6.07. The van der Waals surface area contributed by atoms with Crippen molar-refractivity contribution in [2.24, 2.45) is 7.05 Å². The summed E-state index contributed by atoms with van der Waals surface area (Å²) in [6.45, 7) is 1.72. The Hall–Kier alpha value is -1.96. The molecule has 0 saturated heterocycles. The number of nitrogens with zero attached hydrogens (tertiary/aromatic N) is 2. The van der Waals surface area contributed by atoms with Gasteiger partial charge in [0, 0.05) is 18.2 Å². The Morgan fingerprint density at radius 1 is 1.32 bits per heavy atom. The van der Waals surface area contributed by atoms with Crippen LogP contribution in [0, 0.1) is 24.4 Å². The molecular formula is C14H12F3N3OS. The summed E-state index contributed by atoms with van der Waals surface area (Å²) in [7, 11) is 1.65. The first-order chi connectivity index (χ1) is 10.4. The minimum atomic E-state index is -1.51. The fourth-order valence-corrected chi connectivity index (χ4v) is 3.74. The van der Waals surface area contributed by atoms with E-state index in [1.165, 1.54) is 10.7 Å². The van der Waals surface area contributed by atoms with Crippen molar-refractivity contribution in [3.63, 3.8) is 0 Å². The lowest BCUT2D eigenvalue weighted by Gasteiger charge is -2.16. The van der Waals surface area contributed by atoms with Gasteiger partial charge in [-0.05, 0) is 13.0 Å². The Bertz CT molecular complexity index is 775. The van der Waals surface area contributed by atoms with E-state index in [0.29, 0.717) is 17.1 Å². The molecule has 0 aliphatic carbocycles. The van der Waals surface area contributed by atoms with E-state index in [-0.39, 0.29) is 17.2 Å². The van der Waals surface area contributed by atoms with Gasteiger partial charge in [-0.3, -0.25) is 9.48 Å². The van der Waals surface area contributed by atoms with Gasteiger partial charge in [0.2, 0.25) is 5.91 Å². The Balaban J connectivity index is 2.20. The predicted molar refractivity (Wildman–Crippen MR) is 77.2 cm³/mol. The minimum absolute atomic E-state index is 0.00208. The number of fused-ring (bicyclic) bond motifs is 1. The third kappa shape index (κ3) is 2.27. The molecule has 0 unspecified atom stereocenters. The quantitative estimate of drug-likeness (QED) is 0.819. The fraction of sp³-hybridized carbons (Fsp3) is 0.286. The van der Waals surface area contributed by atoms with Crippen LogP contribution < -0.4 is 5.32 Å². The number of nitrogens with one attached hydrogen (secondary N) is 1. The highest BCUT2D eigenvalue weighted by Crippen LogP contribution is 2.44. The monoisotopic (exact) mass is 327 g/mol. The average Bonchev–Trinajstić information content (AvgIpc) is 2.64. The summed E-state index contributed by atoms with van der Waals surface area (Å²) in [4.78, 5) is 11.8. The van der Waals surface area contributed by atoms with Crippen molar-refractivity contribution in [3.8, 4) is 0 Å². The summed E-state index contributed by atoms with van der Waals surface area (Å²) in [6.07, 6.45) is 0. The summed E-state index contributed by atoms with van der Waals surface area (Å²) in [5, 5.41) is 6.28. The van der Waals surface area contributed by atoms with Crippen LogP contribution in [0.2, 0.25) is 0 Å².